The van der Waals surface area contributed by atoms with E-state index in [1.165, 1.54) is 18.2 Å². The summed E-state index contributed by atoms with van der Waals surface area (Å²) in [7, 11) is 0. The summed E-state index contributed by atoms with van der Waals surface area (Å²) in [5.41, 5.74) is 0.293. The molecule has 0 atom stereocenters. The maximum Gasteiger partial charge on any atom is 0.140 e. The van der Waals surface area contributed by atoms with Gasteiger partial charge in [-0.1, -0.05) is 0 Å². The molecule has 1 rings (SSSR count). The van der Waals surface area contributed by atoms with Crippen LogP contribution in [0.15, 0.2) is 18.2 Å². The van der Waals surface area contributed by atoms with Crippen LogP contribution in [0, 0.1) is 11.3 Å². The molecule has 1 aromatic rings. The van der Waals surface area contributed by atoms with Crippen molar-refractivity contribution in [3.8, 4) is 17.6 Å². The van der Waals surface area contributed by atoms with Crippen LogP contribution < -0.4 is 9.47 Å². The molecule has 0 unspecified atom stereocenters. The Hall–Kier alpha value is -1.83. The lowest BCUT2D eigenvalue weighted by Gasteiger charge is -2.08. The lowest BCUT2D eigenvalue weighted by atomic mass is 10.2. The van der Waals surface area contributed by atoms with Gasteiger partial charge in [0.2, 0.25) is 0 Å². The second kappa shape index (κ2) is 6.62. The first kappa shape index (κ1) is 12.2. The Morgan fingerprint density at radius 3 is 2.44 bits per heavy atom. The predicted octanol–water partition coefficient (Wildman–Crippen LogP) is 2.25. The SMILES string of the molecule is N#Cc1ccc(OCCF)cc1OCCF. The minimum absolute atomic E-state index is 0.0611. The minimum Gasteiger partial charge on any atom is -0.491 e. The average Bonchev–Trinajstić information content (AvgIpc) is 2.33. The van der Waals surface area contributed by atoms with Crippen molar-refractivity contribution in [3.63, 3.8) is 0 Å². The molecule has 1 aromatic carbocycles. The first-order valence-electron chi connectivity index (χ1n) is 4.73. The largest absolute Gasteiger partial charge is 0.491 e. The monoisotopic (exact) mass is 227 g/mol. The van der Waals surface area contributed by atoms with E-state index in [1.54, 1.807) is 0 Å². The second-order valence-corrected chi connectivity index (χ2v) is 2.84. The van der Waals surface area contributed by atoms with E-state index in [1.807, 2.05) is 6.07 Å². The summed E-state index contributed by atoms with van der Waals surface area (Å²) < 4.78 is 33.8. The number of ether oxygens (including phenoxy) is 2. The van der Waals surface area contributed by atoms with E-state index in [0.29, 0.717) is 11.3 Å². The van der Waals surface area contributed by atoms with Gasteiger partial charge in [0.05, 0.1) is 5.56 Å². The lowest BCUT2D eigenvalue weighted by Crippen LogP contribution is -2.02. The number of halogens is 2. The summed E-state index contributed by atoms with van der Waals surface area (Å²) in [6, 6.07) is 6.38. The highest BCUT2D eigenvalue weighted by Crippen LogP contribution is 2.24. The van der Waals surface area contributed by atoms with Crippen LogP contribution in [0.4, 0.5) is 8.78 Å². The Balaban J connectivity index is 2.80. The van der Waals surface area contributed by atoms with E-state index in [0.717, 1.165) is 0 Å². The van der Waals surface area contributed by atoms with Crippen molar-refractivity contribution in [3.05, 3.63) is 23.8 Å². The number of hydrogen-bond donors (Lipinski definition) is 0. The Kier molecular flexibility index (Phi) is 5.06. The first-order valence-corrected chi connectivity index (χ1v) is 4.73. The highest BCUT2D eigenvalue weighted by atomic mass is 19.1. The molecule has 0 aliphatic rings. The zero-order valence-electron chi connectivity index (χ0n) is 8.58. The molecule has 0 aromatic heterocycles. The maximum atomic E-state index is 11.9. The van der Waals surface area contributed by atoms with Gasteiger partial charge in [-0.15, -0.1) is 0 Å². The molecule has 5 heteroatoms. The molecular formula is C11H11F2NO2. The number of nitriles is 1. The molecule has 0 aliphatic carbocycles. The van der Waals surface area contributed by atoms with Gasteiger partial charge >= 0.3 is 0 Å². The van der Waals surface area contributed by atoms with Gasteiger partial charge in [0.1, 0.15) is 44.1 Å². The van der Waals surface area contributed by atoms with E-state index < -0.39 is 13.3 Å². The van der Waals surface area contributed by atoms with E-state index >= 15 is 0 Å². The van der Waals surface area contributed by atoms with Crippen LogP contribution in [0.5, 0.6) is 11.5 Å². The molecule has 0 N–H and O–H groups in total. The predicted molar refractivity (Wildman–Crippen MR) is 54.1 cm³/mol. The normalized spacial score (nSPS) is 9.56. The van der Waals surface area contributed by atoms with Crippen molar-refractivity contribution in [2.24, 2.45) is 0 Å². The van der Waals surface area contributed by atoms with Gasteiger partial charge in [-0.3, -0.25) is 0 Å². The third-order valence-corrected chi connectivity index (χ3v) is 1.75. The Bertz CT molecular complexity index is 377. The Morgan fingerprint density at radius 1 is 1.12 bits per heavy atom. The fourth-order valence-corrected chi connectivity index (χ4v) is 1.11. The number of alkyl halides is 2. The molecule has 16 heavy (non-hydrogen) atoms. The van der Waals surface area contributed by atoms with E-state index in [4.69, 9.17) is 14.7 Å². The molecule has 0 fully saturated rings. The van der Waals surface area contributed by atoms with E-state index in [2.05, 4.69) is 0 Å². The Morgan fingerprint density at radius 2 is 1.81 bits per heavy atom. The number of rotatable bonds is 6. The number of nitrogens with zero attached hydrogens (tertiary/aromatic N) is 1. The van der Waals surface area contributed by atoms with Gasteiger partial charge in [-0.25, -0.2) is 8.78 Å². The van der Waals surface area contributed by atoms with Crippen LogP contribution in [-0.4, -0.2) is 26.6 Å². The quantitative estimate of drug-likeness (QED) is 0.748. The topological polar surface area (TPSA) is 42.2 Å². The van der Waals surface area contributed by atoms with Crippen molar-refractivity contribution in [1.82, 2.24) is 0 Å². The van der Waals surface area contributed by atoms with Crippen LogP contribution in [0.3, 0.4) is 0 Å². The molecule has 0 spiro atoms. The molecule has 0 saturated heterocycles. The molecule has 0 saturated carbocycles. The molecule has 3 nitrogen and oxygen atoms in total. The molecule has 0 heterocycles. The smallest absolute Gasteiger partial charge is 0.140 e. The van der Waals surface area contributed by atoms with E-state index in [9.17, 15) is 8.78 Å². The summed E-state index contributed by atoms with van der Waals surface area (Å²) in [6.07, 6.45) is 0. The summed E-state index contributed by atoms with van der Waals surface area (Å²) >= 11 is 0. The van der Waals surface area contributed by atoms with Crippen molar-refractivity contribution >= 4 is 0 Å². The molecule has 0 amide bonds. The lowest BCUT2D eigenvalue weighted by molar-refractivity contribution is 0.261. The van der Waals surface area contributed by atoms with Crippen LogP contribution in [-0.2, 0) is 0 Å². The zero-order chi connectivity index (χ0) is 11.8. The Labute approximate surface area is 92.2 Å². The fraction of sp³-hybridized carbons (Fsp3) is 0.364. The van der Waals surface area contributed by atoms with Gasteiger partial charge in [-0.2, -0.15) is 5.26 Å². The van der Waals surface area contributed by atoms with Crippen LogP contribution in [0.25, 0.3) is 0 Å². The maximum absolute atomic E-state index is 11.9. The minimum atomic E-state index is -0.638. The summed E-state index contributed by atoms with van der Waals surface area (Å²) in [4.78, 5) is 0. The molecular weight excluding hydrogens is 216 g/mol. The third-order valence-electron chi connectivity index (χ3n) is 1.75. The van der Waals surface area contributed by atoms with Crippen molar-refractivity contribution in [1.29, 1.82) is 5.26 Å². The first-order chi connectivity index (χ1) is 7.81. The molecule has 0 aliphatic heterocycles. The van der Waals surface area contributed by atoms with Crippen molar-refractivity contribution in [2.45, 2.75) is 0 Å². The van der Waals surface area contributed by atoms with Crippen molar-refractivity contribution < 1.29 is 18.3 Å². The number of hydrogen-bond acceptors (Lipinski definition) is 3. The highest BCUT2D eigenvalue weighted by molar-refractivity contribution is 5.47. The highest BCUT2D eigenvalue weighted by Gasteiger charge is 2.05. The second-order valence-electron chi connectivity index (χ2n) is 2.84. The molecule has 0 bridgehead atoms. The molecule has 86 valence electrons. The summed E-state index contributed by atoms with van der Waals surface area (Å²) in [6.45, 7) is -1.42. The zero-order valence-corrected chi connectivity index (χ0v) is 8.58. The van der Waals surface area contributed by atoms with Crippen LogP contribution in [0.1, 0.15) is 5.56 Å². The summed E-state index contributed by atoms with van der Waals surface area (Å²) in [5.74, 6) is 0.641. The van der Waals surface area contributed by atoms with Gasteiger partial charge in [0.25, 0.3) is 0 Å². The van der Waals surface area contributed by atoms with Gasteiger partial charge < -0.3 is 9.47 Å². The fourth-order valence-electron chi connectivity index (χ4n) is 1.11. The van der Waals surface area contributed by atoms with Gasteiger partial charge in [0.15, 0.2) is 0 Å². The van der Waals surface area contributed by atoms with E-state index in [-0.39, 0.29) is 19.0 Å². The van der Waals surface area contributed by atoms with Crippen LogP contribution in [0.2, 0.25) is 0 Å². The third kappa shape index (κ3) is 3.39. The molecule has 0 radical (unpaired) electrons. The van der Waals surface area contributed by atoms with Crippen molar-refractivity contribution in [2.75, 3.05) is 26.6 Å². The summed E-state index contributed by atoms with van der Waals surface area (Å²) in [5, 5.41) is 8.76. The average molecular weight is 227 g/mol. The van der Waals surface area contributed by atoms with Gasteiger partial charge in [0, 0.05) is 6.07 Å². The number of benzene rings is 1. The standard InChI is InChI=1S/C11H11F2NO2/c12-3-5-15-10-2-1-9(8-14)11(7-10)16-6-4-13/h1-2,7H,3-6H2. The van der Waals surface area contributed by atoms with Gasteiger partial charge in [-0.05, 0) is 12.1 Å². The van der Waals surface area contributed by atoms with Crippen LogP contribution >= 0.6 is 0 Å².